The van der Waals surface area contributed by atoms with E-state index >= 15 is 0 Å². The van der Waals surface area contributed by atoms with Crippen molar-refractivity contribution in [3.63, 3.8) is 0 Å². The first-order valence-electron chi connectivity index (χ1n) is 8.24. The van der Waals surface area contributed by atoms with Gasteiger partial charge in [-0.15, -0.1) is 0 Å². The number of hydrogen-bond acceptors (Lipinski definition) is 5. The highest BCUT2D eigenvalue weighted by Gasteiger charge is 2.51. The first-order chi connectivity index (χ1) is 11.2. The highest BCUT2D eigenvalue weighted by Crippen LogP contribution is 2.36. The number of carbonyl (C=O) groups is 3. The van der Waals surface area contributed by atoms with Gasteiger partial charge in [-0.2, -0.15) is 0 Å². The molecule has 2 amide bonds. The summed E-state index contributed by atoms with van der Waals surface area (Å²) in [5, 5.41) is 2.62. The van der Waals surface area contributed by atoms with Gasteiger partial charge in [0, 0.05) is 6.54 Å². The van der Waals surface area contributed by atoms with Crippen LogP contribution in [0.3, 0.4) is 0 Å². The molecular formula is C17H26N2O5. The maximum absolute atomic E-state index is 12.9. The lowest BCUT2D eigenvalue weighted by Gasteiger charge is -2.38. The zero-order valence-corrected chi connectivity index (χ0v) is 14.8. The number of ether oxygens (including phenoxy) is 2. The van der Waals surface area contributed by atoms with Gasteiger partial charge in [0.15, 0.2) is 0 Å². The van der Waals surface area contributed by atoms with Crippen LogP contribution in [0, 0.1) is 0 Å². The second kappa shape index (κ2) is 6.83. The molecule has 2 rings (SSSR count). The van der Waals surface area contributed by atoms with Crippen molar-refractivity contribution in [1.82, 2.24) is 10.2 Å². The van der Waals surface area contributed by atoms with Gasteiger partial charge >= 0.3 is 12.1 Å². The lowest BCUT2D eigenvalue weighted by atomic mass is 9.89. The second-order valence-corrected chi connectivity index (χ2v) is 7.23. The van der Waals surface area contributed by atoms with Crippen molar-refractivity contribution in [2.24, 2.45) is 0 Å². The molecule has 2 aliphatic heterocycles. The summed E-state index contributed by atoms with van der Waals surface area (Å²) in [7, 11) is 1.33. The Kier molecular flexibility index (Phi) is 5.20. The van der Waals surface area contributed by atoms with Crippen LogP contribution in [0.5, 0.6) is 0 Å². The van der Waals surface area contributed by atoms with E-state index < -0.39 is 29.2 Å². The Morgan fingerprint density at radius 2 is 2.04 bits per heavy atom. The van der Waals surface area contributed by atoms with Gasteiger partial charge in [-0.05, 0) is 46.5 Å². The number of carbonyl (C=O) groups excluding carboxylic acids is 3. The molecule has 0 unspecified atom stereocenters. The number of methoxy groups -OCH3 is 1. The molecule has 2 heterocycles. The molecule has 0 saturated carbocycles. The molecule has 0 aromatic carbocycles. The summed E-state index contributed by atoms with van der Waals surface area (Å²) in [5.74, 6) is -0.677. The fourth-order valence-electron chi connectivity index (χ4n) is 3.27. The molecule has 24 heavy (non-hydrogen) atoms. The Morgan fingerprint density at radius 3 is 2.67 bits per heavy atom. The largest absolute Gasteiger partial charge is 0.467 e. The van der Waals surface area contributed by atoms with Crippen molar-refractivity contribution in [2.45, 2.75) is 63.6 Å². The predicted molar refractivity (Wildman–Crippen MR) is 87.2 cm³/mol. The van der Waals surface area contributed by atoms with Crippen LogP contribution in [0.25, 0.3) is 0 Å². The third-order valence-electron chi connectivity index (χ3n) is 4.30. The van der Waals surface area contributed by atoms with Crippen LogP contribution in [0.2, 0.25) is 0 Å². The summed E-state index contributed by atoms with van der Waals surface area (Å²) in [6, 6.07) is -0.751. The first kappa shape index (κ1) is 18.3. The van der Waals surface area contributed by atoms with E-state index in [-0.39, 0.29) is 5.91 Å². The van der Waals surface area contributed by atoms with E-state index in [1.54, 1.807) is 25.7 Å². The van der Waals surface area contributed by atoms with Crippen molar-refractivity contribution in [1.29, 1.82) is 0 Å². The number of esters is 1. The van der Waals surface area contributed by atoms with E-state index in [2.05, 4.69) is 5.32 Å². The van der Waals surface area contributed by atoms with Crippen molar-refractivity contribution in [3.8, 4) is 0 Å². The van der Waals surface area contributed by atoms with Gasteiger partial charge in [0.05, 0.1) is 7.11 Å². The number of nitrogens with one attached hydrogen (secondary N) is 1. The first-order valence-corrected chi connectivity index (χ1v) is 8.24. The Balaban J connectivity index is 2.20. The SMILES string of the molecule is COC(=O)[C@]12C/C=C\C[C@@H](NC(=O)OC(C)(C)C)C(=O)N1CCC2. The Labute approximate surface area is 142 Å². The lowest BCUT2D eigenvalue weighted by molar-refractivity contribution is -0.160. The molecule has 0 spiro atoms. The molecule has 7 nitrogen and oxygen atoms in total. The average molecular weight is 338 g/mol. The minimum atomic E-state index is -0.962. The number of alkyl carbamates (subject to hydrolysis) is 1. The second-order valence-electron chi connectivity index (χ2n) is 7.23. The van der Waals surface area contributed by atoms with Gasteiger partial charge in [-0.1, -0.05) is 12.2 Å². The summed E-state index contributed by atoms with van der Waals surface area (Å²) in [4.78, 5) is 38.8. The Morgan fingerprint density at radius 1 is 1.33 bits per heavy atom. The van der Waals surface area contributed by atoms with Gasteiger partial charge in [0.2, 0.25) is 5.91 Å². The summed E-state index contributed by atoms with van der Waals surface area (Å²) in [6.45, 7) is 5.76. The number of nitrogens with zero attached hydrogens (tertiary/aromatic N) is 1. The highest BCUT2D eigenvalue weighted by molar-refractivity contribution is 5.93. The van der Waals surface area contributed by atoms with Crippen LogP contribution in [-0.2, 0) is 19.1 Å². The molecule has 0 bridgehead atoms. The van der Waals surface area contributed by atoms with E-state index in [9.17, 15) is 14.4 Å². The zero-order chi connectivity index (χ0) is 18.0. The van der Waals surface area contributed by atoms with Crippen LogP contribution in [0.15, 0.2) is 12.2 Å². The van der Waals surface area contributed by atoms with Crippen LogP contribution in [0.4, 0.5) is 4.79 Å². The highest BCUT2D eigenvalue weighted by atomic mass is 16.6. The van der Waals surface area contributed by atoms with E-state index in [1.807, 2.05) is 12.2 Å². The fraction of sp³-hybridized carbons (Fsp3) is 0.706. The van der Waals surface area contributed by atoms with E-state index in [0.29, 0.717) is 25.8 Å². The monoisotopic (exact) mass is 338 g/mol. The van der Waals surface area contributed by atoms with Crippen LogP contribution in [-0.4, -0.2) is 53.7 Å². The molecule has 1 saturated heterocycles. The van der Waals surface area contributed by atoms with Crippen LogP contribution in [0.1, 0.15) is 46.5 Å². The zero-order valence-electron chi connectivity index (χ0n) is 14.8. The van der Waals surface area contributed by atoms with Crippen LogP contribution >= 0.6 is 0 Å². The molecule has 0 aromatic heterocycles. The minimum Gasteiger partial charge on any atom is -0.467 e. The smallest absolute Gasteiger partial charge is 0.408 e. The van der Waals surface area contributed by atoms with E-state index in [4.69, 9.17) is 9.47 Å². The van der Waals surface area contributed by atoms with Gasteiger partial charge in [-0.3, -0.25) is 4.79 Å². The molecule has 7 heteroatoms. The molecule has 134 valence electrons. The van der Waals surface area contributed by atoms with Crippen molar-refractivity contribution in [2.75, 3.05) is 13.7 Å². The molecule has 2 aliphatic rings. The molecule has 1 N–H and O–H groups in total. The number of amides is 2. The number of fused-ring (bicyclic) bond motifs is 1. The lowest BCUT2D eigenvalue weighted by Crippen LogP contribution is -2.59. The Bertz CT molecular complexity index is 552. The number of rotatable bonds is 2. The fourth-order valence-corrected chi connectivity index (χ4v) is 3.27. The summed E-state index contributed by atoms with van der Waals surface area (Å²) in [6.07, 6.45) is 5.16. The normalized spacial score (nSPS) is 28.4. The van der Waals surface area contributed by atoms with Crippen molar-refractivity contribution < 1.29 is 23.9 Å². The maximum Gasteiger partial charge on any atom is 0.408 e. The molecule has 0 aromatic rings. The minimum absolute atomic E-state index is 0.270. The van der Waals surface area contributed by atoms with Gasteiger partial charge in [-0.25, -0.2) is 9.59 Å². The summed E-state index contributed by atoms with van der Waals surface area (Å²) < 4.78 is 10.2. The molecule has 0 aliphatic carbocycles. The topological polar surface area (TPSA) is 84.9 Å². The standard InChI is InChI=1S/C17H26N2O5/c1-16(2,3)24-15(22)18-12-8-5-6-9-17(14(21)23-4)10-7-11-19(17)13(12)20/h5-6,12H,7-11H2,1-4H3,(H,18,22)/b6-5-/t12-,17-/m1/s1. The van der Waals surface area contributed by atoms with Gasteiger partial charge in [0.1, 0.15) is 17.2 Å². The maximum atomic E-state index is 12.9. The summed E-state index contributed by atoms with van der Waals surface area (Å²) >= 11 is 0. The van der Waals surface area contributed by atoms with Crippen LogP contribution < -0.4 is 5.32 Å². The van der Waals surface area contributed by atoms with E-state index in [1.165, 1.54) is 7.11 Å². The predicted octanol–water partition coefficient (Wildman–Crippen LogP) is 1.76. The van der Waals surface area contributed by atoms with E-state index in [0.717, 1.165) is 6.42 Å². The molecular weight excluding hydrogens is 312 g/mol. The van der Waals surface area contributed by atoms with Gasteiger partial charge in [0.25, 0.3) is 0 Å². The third-order valence-corrected chi connectivity index (χ3v) is 4.30. The van der Waals surface area contributed by atoms with Crippen molar-refractivity contribution >= 4 is 18.0 Å². The Hall–Kier alpha value is -2.05. The van der Waals surface area contributed by atoms with Gasteiger partial charge < -0.3 is 19.7 Å². The molecule has 2 atom stereocenters. The quantitative estimate of drug-likeness (QED) is 0.613. The third kappa shape index (κ3) is 3.71. The number of hydrogen-bond donors (Lipinski definition) is 1. The summed E-state index contributed by atoms with van der Waals surface area (Å²) in [5.41, 5.74) is -1.61. The molecule has 0 radical (unpaired) electrons. The molecule has 1 fully saturated rings. The average Bonchev–Trinajstić information content (AvgIpc) is 2.90. The van der Waals surface area contributed by atoms with Crippen molar-refractivity contribution in [3.05, 3.63) is 12.2 Å².